The predicted octanol–water partition coefficient (Wildman–Crippen LogP) is 3.42. The maximum Gasteiger partial charge on any atom is 0.256 e. The Labute approximate surface area is 123 Å². The van der Waals surface area contributed by atoms with Gasteiger partial charge in [-0.1, -0.05) is 12.1 Å². The molecule has 0 saturated heterocycles. The number of anilines is 1. The summed E-state index contributed by atoms with van der Waals surface area (Å²) in [7, 11) is 0. The van der Waals surface area contributed by atoms with E-state index >= 15 is 0 Å². The molecule has 0 radical (unpaired) electrons. The summed E-state index contributed by atoms with van der Waals surface area (Å²) in [4.78, 5) is 12.1. The lowest BCUT2D eigenvalue weighted by Crippen LogP contribution is -2.12. The Hall–Kier alpha value is -1.89. The highest BCUT2D eigenvalue weighted by Gasteiger charge is 2.10. The summed E-state index contributed by atoms with van der Waals surface area (Å²) in [5.74, 6) is 0.396. The molecule has 19 heavy (non-hydrogen) atoms. The molecule has 3 aromatic rings. The zero-order chi connectivity index (χ0) is 13.2. The first-order chi connectivity index (χ1) is 9.24. The molecule has 0 fully saturated rings. The topological polar surface area (TPSA) is 57.8 Å². The summed E-state index contributed by atoms with van der Waals surface area (Å²) >= 11 is 2.20. The highest BCUT2D eigenvalue weighted by Crippen LogP contribution is 2.20. The summed E-state index contributed by atoms with van der Waals surface area (Å²) in [5, 5.41) is 10.7. The van der Waals surface area contributed by atoms with Gasteiger partial charge in [-0.15, -0.1) is 0 Å². The van der Waals surface area contributed by atoms with Crippen molar-refractivity contribution in [2.45, 2.75) is 0 Å². The molecule has 2 N–H and O–H groups in total. The number of H-pyrrole nitrogens is 1. The number of aromatic amines is 1. The number of fused-ring (bicyclic) bond motifs is 1. The predicted molar refractivity (Wildman–Crippen MR) is 83.2 cm³/mol. The van der Waals surface area contributed by atoms with E-state index in [9.17, 15) is 4.79 Å². The van der Waals surface area contributed by atoms with Crippen molar-refractivity contribution in [3.05, 3.63) is 57.7 Å². The smallest absolute Gasteiger partial charge is 0.256 e. The molecule has 0 atom stereocenters. The Morgan fingerprint density at radius 1 is 1.11 bits per heavy atom. The molecule has 2 aromatic carbocycles. The van der Waals surface area contributed by atoms with E-state index < -0.39 is 0 Å². The molecule has 0 unspecified atom stereocenters. The molecule has 94 valence electrons. The van der Waals surface area contributed by atoms with Gasteiger partial charge >= 0.3 is 0 Å². The van der Waals surface area contributed by atoms with Crippen LogP contribution in [0.3, 0.4) is 0 Å². The number of carbonyl (C=O) groups excluding carboxylic acids is 1. The first-order valence-electron chi connectivity index (χ1n) is 5.74. The fourth-order valence-corrected chi connectivity index (χ4v) is 2.20. The molecular weight excluding hydrogens is 353 g/mol. The number of halogens is 1. The summed E-state index contributed by atoms with van der Waals surface area (Å²) in [5.41, 5.74) is 1.52. The fraction of sp³-hybridized carbons (Fsp3) is 0. The molecule has 0 aliphatic heterocycles. The third-order valence-corrected chi connectivity index (χ3v) is 3.53. The Morgan fingerprint density at radius 2 is 1.84 bits per heavy atom. The van der Waals surface area contributed by atoms with Crippen molar-refractivity contribution in [2.75, 3.05) is 5.32 Å². The van der Waals surface area contributed by atoms with Crippen LogP contribution in [0.5, 0.6) is 0 Å². The van der Waals surface area contributed by atoms with E-state index in [-0.39, 0.29) is 5.91 Å². The van der Waals surface area contributed by atoms with E-state index in [0.717, 1.165) is 14.5 Å². The number of amides is 1. The number of carbonyl (C=O) groups is 1. The standard InChI is InChI=1S/C14H10IN3O/c15-10-7-5-9(6-8-10)14(19)16-13-11-3-1-2-4-12(11)17-18-13/h1-8H,(H2,16,17,18,19). The first-order valence-corrected chi connectivity index (χ1v) is 6.82. The molecule has 1 heterocycles. The molecule has 4 nitrogen and oxygen atoms in total. The monoisotopic (exact) mass is 363 g/mol. The van der Waals surface area contributed by atoms with Crippen molar-refractivity contribution in [1.29, 1.82) is 0 Å². The number of hydrogen-bond acceptors (Lipinski definition) is 2. The normalized spacial score (nSPS) is 10.6. The van der Waals surface area contributed by atoms with E-state index in [2.05, 4.69) is 38.1 Å². The highest BCUT2D eigenvalue weighted by molar-refractivity contribution is 14.1. The largest absolute Gasteiger partial charge is 0.305 e. The number of benzene rings is 2. The fourth-order valence-electron chi connectivity index (χ4n) is 1.84. The number of aromatic nitrogens is 2. The minimum absolute atomic E-state index is 0.159. The summed E-state index contributed by atoms with van der Waals surface area (Å²) in [6.45, 7) is 0. The average Bonchev–Trinajstić information content (AvgIpc) is 2.83. The molecule has 1 aromatic heterocycles. The molecule has 0 bridgehead atoms. The van der Waals surface area contributed by atoms with Crippen molar-refractivity contribution in [2.24, 2.45) is 0 Å². The van der Waals surface area contributed by atoms with Crippen LogP contribution in [0.4, 0.5) is 5.82 Å². The lowest BCUT2D eigenvalue weighted by molar-refractivity contribution is 0.102. The second-order valence-electron chi connectivity index (χ2n) is 4.08. The van der Waals surface area contributed by atoms with Crippen molar-refractivity contribution in [3.8, 4) is 0 Å². The Kier molecular flexibility index (Phi) is 3.20. The lowest BCUT2D eigenvalue weighted by Gasteiger charge is -2.02. The van der Waals surface area contributed by atoms with Crippen LogP contribution in [0.1, 0.15) is 10.4 Å². The van der Waals surface area contributed by atoms with Crippen LogP contribution in [0, 0.1) is 3.57 Å². The van der Waals surface area contributed by atoms with Gasteiger partial charge in [0.15, 0.2) is 5.82 Å². The molecule has 0 saturated carbocycles. The lowest BCUT2D eigenvalue weighted by atomic mass is 10.2. The van der Waals surface area contributed by atoms with Crippen molar-refractivity contribution < 1.29 is 4.79 Å². The third-order valence-electron chi connectivity index (χ3n) is 2.81. The number of para-hydroxylation sites is 1. The van der Waals surface area contributed by atoms with Crippen LogP contribution in [0.2, 0.25) is 0 Å². The van der Waals surface area contributed by atoms with Crippen LogP contribution >= 0.6 is 22.6 Å². The van der Waals surface area contributed by atoms with Crippen LogP contribution in [0.15, 0.2) is 48.5 Å². The van der Waals surface area contributed by atoms with Gasteiger partial charge in [0, 0.05) is 14.5 Å². The number of rotatable bonds is 2. The van der Waals surface area contributed by atoms with E-state index in [1.54, 1.807) is 12.1 Å². The van der Waals surface area contributed by atoms with Crippen LogP contribution in [-0.2, 0) is 0 Å². The van der Waals surface area contributed by atoms with Crippen molar-refractivity contribution in [1.82, 2.24) is 10.2 Å². The zero-order valence-corrected chi connectivity index (χ0v) is 12.0. The van der Waals surface area contributed by atoms with Crippen LogP contribution in [0.25, 0.3) is 10.9 Å². The first kappa shape index (κ1) is 12.2. The Balaban J connectivity index is 1.89. The third kappa shape index (κ3) is 2.46. The number of nitrogens with zero attached hydrogens (tertiary/aromatic N) is 1. The SMILES string of the molecule is O=C(Nc1n[nH]c2ccccc12)c1ccc(I)cc1. The van der Waals surface area contributed by atoms with Gasteiger partial charge in [0.1, 0.15) is 0 Å². The van der Waals surface area contributed by atoms with Gasteiger partial charge in [0.05, 0.1) is 5.52 Å². The summed E-state index contributed by atoms with van der Waals surface area (Å²) in [6, 6.07) is 15.1. The number of hydrogen-bond donors (Lipinski definition) is 2. The Morgan fingerprint density at radius 3 is 2.63 bits per heavy atom. The van der Waals surface area contributed by atoms with E-state index in [1.807, 2.05) is 36.4 Å². The molecule has 1 amide bonds. The second kappa shape index (κ2) is 5.00. The van der Waals surface area contributed by atoms with Gasteiger partial charge in [-0.25, -0.2) is 0 Å². The van der Waals surface area contributed by atoms with Gasteiger partial charge in [0.25, 0.3) is 5.91 Å². The molecule has 0 aliphatic rings. The average molecular weight is 363 g/mol. The Bertz CT molecular complexity index is 734. The maximum absolute atomic E-state index is 12.1. The zero-order valence-electron chi connectivity index (χ0n) is 9.85. The minimum Gasteiger partial charge on any atom is -0.305 e. The van der Waals surface area contributed by atoms with Crippen LogP contribution < -0.4 is 5.32 Å². The molecule has 0 aliphatic carbocycles. The quantitative estimate of drug-likeness (QED) is 0.686. The van der Waals surface area contributed by atoms with Crippen molar-refractivity contribution in [3.63, 3.8) is 0 Å². The highest BCUT2D eigenvalue weighted by atomic mass is 127. The minimum atomic E-state index is -0.159. The van der Waals surface area contributed by atoms with Crippen LogP contribution in [-0.4, -0.2) is 16.1 Å². The summed E-state index contributed by atoms with van der Waals surface area (Å²) < 4.78 is 1.10. The molecular formula is C14H10IN3O. The van der Waals surface area contributed by atoms with E-state index in [1.165, 1.54) is 0 Å². The van der Waals surface area contributed by atoms with Gasteiger partial charge in [0.2, 0.25) is 0 Å². The van der Waals surface area contributed by atoms with Gasteiger partial charge < -0.3 is 5.32 Å². The molecule has 0 spiro atoms. The van der Waals surface area contributed by atoms with Gasteiger partial charge in [-0.3, -0.25) is 9.89 Å². The van der Waals surface area contributed by atoms with E-state index in [0.29, 0.717) is 11.4 Å². The van der Waals surface area contributed by atoms with E-state index in [4.69, 9.17) is 0 Å². The van der Waals surface area contributed by atoms with Gasteiger partial charge in [-0.2, -0.15) is 5.10 Å². The molecule has 3 rings (SSSR count). The summed E-state index contributed by atoms with van der Waals surface area (Å²) in [6.07, 6.45) is 0. The van der Waals surface area contributed by atoms with Crippen molar-refractivity contribution >= 4 is 45.2 Å². The molecule has 5 heteroatoms. The second-order valence-corrected chi connectivity index (χ2v) is 5.32. The van der Waals surface area contributed by atoms with Gasteiger partial charge in [-0.05, 0) is 59.0 Å². The maximum atomic E-state index is 12.1. The number of nitrogens with one attached hydrogen (secondary N) is 2.